The molecule has 0 aromatic rings. The monoisotopic (exact) mass is 627 g/mol. The van der Waals surface area contributed by atoms with Gasteiger partial charge in [0, 0.05) is 12.0 Å². The molecule has 8 heteroatoms. The number of rotatable bonds is 6. The molecule has 45 heavy (non-hydrogen) atoms. The number of carbonyl (C=O) groups is 1. The van der Waals surface area contributed by atoms with Crippen LogP contribution in [0.25, 0.3) is 0 Å². The number of aliphatic hydroxyl groups is 2. The zero-order valence-electron chi connectivity index (χ0n) is 28.6. The summed E-state index contributed by atoms with van der Waals surface area (Å²) < 4.78 is 24.3. The second kappa shape index (κ2) is 10.3. The molecule has 7 fully saturated rings. The second-order valence-corrected chi connectivity index (χ2v) is 17.6. The van der Waals surface area contributed by atoms with Crippen molar-refractivity contribution in [1.82, 2.24) is 5.32 Å². The van der Waals surface area contributed by atoms with Crippen LogP contribution in [0.1, 0.15) is 99.8 Å². The highest BCUT2D eigenvalue weighted by atomic mass is 16.6. The molecule has 2 heterocycles. The Kier molecular flexibility index (Phi) is 7.38. The van der Waals surface area contributed by atoms with E-state index in [0.29, 0.717) is 25.7 Å². The first-order valence-electron chi connectivity index (χ1n) is 17.8. The fourth-order valence-corrected chi connectivity index (χ4v) is 13.2. The number of aliphatic hydroxyl groups excluding tert-OH is 1. The van der Waals surface area contributed by atoms with Crippen LogP contribution in [0.15, 0.2) is 0 Å². The first-order chi connectivity index (χ1) is 21.1. The van der Waals surface area contributed by atoms with Crippen LogP contribution in [0, 0.1) is 63.1 Å². The number of alkyl carbamates (subject to hydrolysis) is 1. The molecule has 0 bridgehead atoms. The smallest absolute Gasteiger partial charge is 0.407 e. The molecule has 0 aromatic heterocycles. The summed E-state index contributed by atoms with van der Waals surface area (Å²) >= 11 is 0. The van der Waals surface area contributed by atoms with Gasteiger partial charge in [-0.25, -0.2) is 4.79 Å². The van der Waals surface area contributed by atoms with Gasteiger partial charge in [0.15, 0.2) is 0 Å². The molecule has 2 spiro atoms. The summed E-state index contributed by atoms with van der Waals surface area (Å²) in [7, 11) is 0. The molecule has 252 valence electrons. The Hall–Kier alpha value is -1.37. The van der Waals surface area contributed by atoms with E-state index in [1.807, 2.05) is 6.92 Å². The van der Waals surface area contributed by atoms with Crippen LogP contribution < -0.4 is 5.32 Å². The molecule has 5 saturated carbocycles. The zero-order chi connectivity index (χ0) is 32.4. The van der Waals surface area contributed by atoms with Crippen molar-refractivity contribution in [3.8, 4) is 12.3 Å². The zero-order valence-corrected chi connectivity index (χ0v) is 28.6. The Morgan fingerprint density at radius 1 is 1.11 bits per heavy atom. The maximum absolute atomic E-state index is 12.8. The highest BCUT2D eigenvalue weighted by molar-refractivity contribution is 5.68. The van der Waals surface area contributed by atoms with Gasteiger partial charge < -0.3 is 34.5 Å². The van der Waals surface area contributed by atoms with Crippen molar-refractivity contribution < 1.29 is 34.0 Å². The van der Waals surface area contributed by atoms with Gasteiger partial charge in [-0.2, -0.15) is 0 Å². The number of amides is 1. The average molecular weight is 628 g/mol. The summed E-state index contributed by atoms with van der Waals surface area (Å²) in [6.07, 6.45) is 12.3. The topological polar surface area (TPSA) is 106 Å². The largest absolute Gasteiger partial charge is 0.446 e. The summed E-state index contributed by atoms with van der Waals surface area (Å²) in [5.74, 6) is 4.47. The van der Waals surface area contributed by atoms with Crippen LogP contribution in [0.4, 0.5) is 4.79 Å². The van der Waals surface area contributed by atoms with Crippen LogP contribution >= 0.6 is 0 Å². The van der Waals surface area contributed by atoms with Crippen LogP contribution in [-0.2, 0) is 18.9 Å². The van der Waals surface area contributed by atoms with Gasteiger partial charge in [0.25, 0.3) is 0 Å². The number of nitrogens with one attached hydrogen (secondary N) is 1. The Labute approximate surface area is 270 Å². The molecule has 13 atom stereocenters. The van der Waals surface area contributed by atoms with Crippen LogP contribution in [0.2, 0.25) is 0 Å². The van der Waals surface area contributed by atoms with E-state index in [9.17, 15) is 15.0 Å². The quantitative estimate of drug-likeness (QED) is 0.353. The Balaban J connectivity index is 1.17. The maximum Gasteiger partial charge on any atom is 0.407 e. The standard InChI is InChI=1S/C37H57NO7/c1-9-37-25-12-11-24-32(4,5)26(45-31(40)38-22-18-42-19-22)13-14-35(24)20-36(25,35)16-15-34(37,8)27-21(3)17-23(44-28(27)29(37)39)30(43-10-2)33(6,7)41/h1,21-30,39,41H,10-20H2,2-8H3,(H,38,40)/t21-,23-,24+,25?,26+,27+,28+,29+,30+,34?,35?,36?,37-/m1/s1. The van der Waals surface area contributed by atoms with Gasteiger partial charge in [-0.3, -0.25) is 0 Å². The number of carbonyl (C=O) groups excluding carboxylic acids is 1. The van der Waals surface area contributed by atoms with Gasteiger partial charge in [-0.15, -0.1) is 6.42 Å². The SMILES string of the molecule is C#C[C@]12C3CC[C@H]4C(C)(C)[C@@H](OC(=O)NC5COC5)CCC45CC35CCC1(C)[C@@H]1[C@H](O[C@@H]([C@H](OCC)C(C)(C)O)C[C@H]1C)[C@@H]2O. The fraction of sp³-hybridized carbons (Fsp3) is 0.919. The summed E-state index contributed by atoms with van der Waals surface area (Å²) in [4.78, 5) is 12.8. The van der Waals surface area contributed by atoms with Gasteiger partial charge in [0.2, 0.25) is 0 Å². The van der Waals surface area contributed by atoms with Crippen LogP contribution in [-0.4, -0.2) is 78.3 Å². The predicted octanol–water partition coefficient (Wildman–Crippen LogP) is 5.08. The molecular weight excluding hydrogens is 570 g/mol. The molecule has 1 amide bonds. The molecule has 8 nitrogen and oxygen atoms in total. The Morgan fingerprint density at radius 2 is 1.80 bits per heavy atom. The fourth-order valence-electron chi connectivity index (χ4n) is 13.2. The van der Waals surface area contributed by atoms with E-state index in [1.165, 1.54) is 0 Å². The lowest BCUT2D eigenvalue weighted by molar-refractivity contribution is -0.214. The lowest BCUT2D eigenvalue weighted by Crippen LogP contribution is -2.61. The molecular formula is C37H57NO7. The number of hydrogen-bond acceptors (Lipinski definition) is 7. The third-order valence-corrected chi connectivity index (χ3v) is 15.0. The predicted molar refractivity (Wildman–Crippen MR) is 169 cm³/mol. The highest BCUT2D eigenvalue weighted by Gasteiger charge is 2.85. The third-order valence-electron chi connectivity index (χ3n) is 15.0. The molecule has 7 rings (SSSR count). The van der Waals surface area contributed by atoms with E-state index < -0.39 is 23.2 Å². The van der Waals surface area contributed by atoms with Crippen molar-refractivity contribution in [3.05, 3.63) is 0 Å². The van der Waals surface area contributed by atoms with Crippen molar-refractivity contribution in [1.29, 1.82) is 0 Å². The molecule has 5 aliphatic carbocycles. The Bertz CT molecular complexity index is 1240. The van der Waals surface area contributed by atoms with E-state index >= 15 is 0 Å². The van der Waals surface area contributed by atoms with E-state index in [0.717, 1.165) is 51.4 Å². The molecule has 3 N–H and O–H groups in total. The average Bonchev–Trinajstić information content (AvgIpc) is 3.56. The van der Waals surface area contributed by atoms with Gasteiger partial charge >= 0.3 is 6.09 Å². The second-order valence-electron chi connectivity index (χ2n) is 17.6. The first-order valence-corrected chi connectivity index (χ1v) is 17.8. The summed E-state index contributed by atoms with van der Waals surface area (Å²) in [6, 6.07) is 0.0536. The molecule has 2 aliphatic heterocycles. The van der Waals surface area contributed by atoms with E-state index in [1.54, 1.807) is 13.8 Å². The highest BCUT2D eigenvalue weighted by Crippen LogP contribution is 2.89. The van der Waals surface area contributed by atoms with E-state index in [4.69, 9.17) is 25.4 Å². The summed E-state index contributed by atoms with van der Waals surface area (Å²) in [6.45, 7) is 16.4. The maximum atomic E-state index is 12.8. The van der Waals surface area contributed by atoms with Crippen molar-refractivity contribution in [2.45, 2.75) is 142 Å². The summed E-state index contributed by atoms with van der Waals surface area (Å²) in [5, 5.41) is 26.6. The lowest BCUT2D eigenvalue weighted by Gasteiger charge is -2.63. The molecule has 4 unspecified atom stereocenters. The van der Waals surface area contributed by atoms with Crippen molar-refractivity contribution >= 4 is 6.09 Å². The van der Waals surface area contributed by atoms with Gasteiger partial charge in [-0.05, 0) is 112 Å². The number of hydrogen-bond donors (Lipinski definition) is 3. The van der Waals surface area contributed by atoms with Crippen LogP contribution in [0.3, 0.4) is 0 Å². The lowest BCUT2D eigenvalue weighted by atomic mass is 9.41. The van der Waals surface area contributed by atoms with Crippen molar-refractivity contribution in [2.75, 3.05) is 19.8 Å². The van der Waals surface area contributed by atoms with E-state index in [2.05, 4.69) is 38.9 Å². The minimum atomic E-state index is -1.07. The summed E-state index contributed by atoms with van der Waals surface area (Å²) in [5.41, 5.74) is -1.85. The molecule has 7 aliphatic rings. The van der Waals surface area contributed by atoms with Crippen LogP contribution in [0.5, 0.6) is 0 Å². The molecule has 0 radical (unpaired) electrons. The van der Waals surface area contributed by atoms with Crippen molar-refractivity contribution in [3.63, 3.8) is 0 Å². The molecule has 2 saturated heterocycles. The number of terminal acetylenes is 1. The minimum absolute atomic E-state index is 0.0536. The number of ether oxygens (including phenoxy) is 4. The van der Waals surface area contributed by atoms with Gasteiger partial charge in [0.05, 0.1) is 48.6 Å². The minimum Gasteiger partial charge on any atom is -0.446 e. The first kappa shape index (κ1) is 32.2. The van der Waals surface area contributed by atoms with E-state index in [-0.39, 0.29) is 69.9 Å². The normalized spacial score (nSPS) is 50.3. The number of fused-ring (bicyclic) bond motifs is 4. The molecule has 0 aromatic carbocycles. The van der Waals surface area contributed by atoms with Gasteiger partial charge in [0.1, 0.15) is 12.2 Å². The van der Waals surface area contributed by atoms with Crippen molar-refractivity contribution in [2.24, 2.45) is 50.7 Å². The van der Waals surface area contributed by atoms with Gasteiger partial charge in [-0.1, -0.05) is 33.6 Å². The Morgan fingerprint density at radius 3 is 2.42 bits per heavy atom. The third kappa shape index (κ3) is 4.12.